The highest BCUT2D eigenvalue weighted by molar-refractivity contribution is 6.35. The van der Waals surface area contributed by atoms with Gasteiger partial charge in [0.1, 0.15) is 0 Å². The van der Waals surface area contributed by atoms with Crippen LogP contribution in [0.15, 0.2) is 42.6 Å². The van der Waals surface area contributed by atoms with Crippen molar-refractivity contribution in [2.45, 2.75) is 13.5 Å². The number of fused-ring (bicyclic) bond motifs is 1. The van der Waals surface area contributed by atoms with Crippen LogP contribution in [0.4, 0.5) is 5.95 Å². The van der Waals surface area contributed by atoms with Gasteiger partial charge in [-0.15, -0.1) is 0 Å². The summed E-state index contributed by atoms with van der Waals surface area (Å²) in [7, 11) is 0. The number of anilines is 1. The molecule has 0 unspecified atom stereocenters. The third-order valence-corrected chi connectivity index (χ3v) is 4.86. The van der Waals surface area contributed by atoms with Crippen molar-refractivity contribution in [1.82, 2.24) is 19.9 Å². The Bertz CT molecular complexity index is 890. The van der Waals surface area contributed by atoms with Gasteiger partial charge in [0.25, 0.3) is 0 Å². The van der Waals surface area contributed by atoms with Crippen molar-refractivity contribution in [1.29, 1.82) is 0 Å². The minimum Gasteiger partial charge on any atom is -0.338 e. The highest BCUT2D eigenvalue weighted by Crippen LogP contribution is 2.22. The Labute approximate surface area is 152 Å². The molecule has 128 valence electrons. The second kappa shape index (κ2) is 6.94. The van der Waals surface area contributed by atoms with E-state index < -0.39 is 0 Å². The van der Waals surface area contributed by atoms with E-state index in [4.69, 9.17) is 16.6 Å². The number of pyridine rings is 1. The molecule has 1 saturated heterocycles. The molecule has 5 nitrogen and oxygen atoms in total. The number of nitrogens with zero attached hydrogens (tertiary/aromatic N) is 5. The van der Waals surface area contributed by atoms with Gasteiger partial charge in [-0.2, -0.15) is 0 Å². The number of para-hydroxylation sites is 1. The number of hydrogen-bond acceptors (Lipinski definition) is 5. The number of hydrogen-bond donors (Lipinski definition) is 0. The second-order valence-electron chi connectivity index (χ2n) is 6.38. The van der Waals surface area contributed by atoms with Gasteiger partial charge in [0.05, 0.1) is 16.2 Å². The zero-order valence-electron chi connectivity index (χ0n) is 14.2. The van der Waals surface area contributed by atoms with Gasteiger partial charge < -0.3 is 4.90 Å². The highest BCUT2D eigenvalue weighted by atomic mass is 35.5. The van der Waals surface area contributed by atoms with Crippen molar-refractivity contribution in [3.63, 3.8) is 0 Å². The summed E-state index contributed by atoms with van der Waals surface area (Å²) in [6.07, 6.45) is 1.83. The van der Waals surface area contributed by atoms with Crippen molar-refractivity contribution in [2.75, 3.05) is 31.1 Å². The lowest BCUT2D eigenvalue weighted by Crippen LogP contribution is -2.46. The number of rotatable bonds is 3. The molecular weight excluding hydrogens is 334 g/mol. The first-order chi connectivity index (χ1) is 12.2. The van der Waals surface area contributed by atoms with Crippen molar-refractivity contribution in [2.24, 2.45) is 0 Å². The van der Waals surface area contributed by atoms with Gasteiger partial charge in [0.15, 0.2) is 0 Å². The third kappa shape index (κ3) is 3.57. The minimum absolute atomic E-state index is 0.709. The third-order valence-electron chi connectivity index (χ3n) is 4.55. The van der Waals surface area contributed by atoms with Gasteiger partial charge in [0.2, 0.25) is 5.95 Å². The number of aromatic nitrogens is 3. The van der Waals surface area contributed by atoms with Crippen molar-refractivity contribution in [3.8, 4) is 0 Å². The predicted octanol–water partition coefficient (Wildman–Crippen LogP) is 3.31. The molecule has 0 atom stereocenters. The summed E-state index contributed by atoms with van der Waals surface area (Å²) in [5.41, 5.74) is 2.94. The quantitative estimate of drug-likeness (QED) is 0.722. The topological polar surface area (TPSA) is 45.2 Å². The molecule has 6 heteroatoms. The molecule has 4 rings (SSSR count). The van der Waals surface area contributed by atoms with Gasteiger partial charge in [-0.3, -0.25) is 4.90 Å². The van der Waals surface area contributed by atoms with Gasteiger partial charge >= 0.3 is 0 Å². The Morgan fingerprint density at radius 3 is 2.64 bits per heavy atom. The Morgan fingerprint density at radius 1 is 1.00 bits per heavy atom. The standard InChI is InChI=1S/C19H20ClN5/c1-14-7-8-21-19(22-14)25-11-9-24(10-12-25)13-16-6-5-15-3-2-4-17(20)18(15)23-16/h2-8H,9-13H2,1H3. The molecular formula is C19H20ClN5. The Morgan fingerprint density at radius 2 is 1.84 bits per heavy atom. The van der Waals surface area contributed by atoms with Gasteiger partial charge in [0, 0.05) is 50.0 Å². The molecule has 1 aliphatic heterocycles. The average molecular weight is 354 g/mol. The maximum Gasteiger partial charge on any atom is 0.225 e. The van der Waals surface area contributed by atoms with Crippen LogP contribution in [-0.2, 0) is 6.54 Å². The van der Waals surface area contributed by atoms with E-state index in [1.807, 2.05) is 37.4 Å². The van der Waals surface area contributed by atoms with Crippen LogP contribution in [0.25, 0.3) is 10.9 Å². The summed E-state index contributed by atoms with van der Waals surface area (Å²) < 4.78 is 0. The lowest BCUT2D eigenvalue weighted by molar-refractivity contribution is 0.246. The molecule has 0 bridgehead atoms. The summed E-state index contributed by atoms with van der Waals surface area (Å²) in [5.74, 6) is 0.829. The molecule has 3 aromatic rings. The average Bonchev–Trinajstić information content (AvgIpc) is 2.63. The summed E-state index contributed by atoms with van der Waals surface area (Å²) in [6.45, 7) is 6.64. The molecule has 0 saturated carbocycles. The molecule has 25 heavy (non-hydrogen) atoms. The molecule has 0 aliphatic carbocycles. The molecule has 2 aromatic heterocycles. The minimum atomic E-state index is 0.709. The molecule has 3 heterocycles. The monoisotopic (exact) mass is 353 g/mol. The van der Waals surface area contributed by atoms with Crippen LogP contribution >= 0.6 is 11.6 Å². The number of aryl methyl sites for hydroxylation is 1. The van der Waals surface area contributed by atoms with E-state index in [-0.39, 0.29) is 0 Å². The van der Waals surface area contributed by atoms with E-state index >= 15 is 0 Å². The molecule has 1 aliphatic rings. The summed E-state index contributed by atoms with van der Waals surface area (Å²) in [4.78, 5) is 18.3. The summed E-state index contributed by atoms with van der Waals surface area (Å²) in [6, 6.07) is 12.0. The number of halogens is 1. The Hall–Kier alpha value is -2.24. The normalized spacial score (nSPS) is 15.7. The van der Waals surface area contributed by atoms with E-state index in [0.29, 0.717) is 5.02 Å². The van der Waals surface area contributed by atoms with E-state index in [1.54, 1.807) is 0 Å². The van der Waals surface area contributed by atoms with Crippen LogP contribution in [0, 0.1) is 6.92 Å². The fraction of sp³-hybridized carbons (Fsp3) is 0.316. The van der Waals surface area contributed by atoms with Crippen LogP contribution in [-0.4, -0.2) is 46.0 Å². The summed E-state index contributed by atoms with van der Waals surface area (Å²) in [5, 5.41) is 1.79. The SMILES string of the molecule is Cc1ccnc(N2CCN(Cc3ccc4cccc(Cl)c4n3)CC2)n1. The zero-order chi connectivity index (χ0) is 17.2. The van der Waals surface area contributed by atoms with Crippen LogP contribution < -0.4 is 4.90 Å². The Kier molecular flexibility index (Phi) is 4.51. The highest BCUT2D eigenvalue weighted by Gasteiger charge is 2.19. The fourth-order valence-electron chi connectivity index (χ4n) is 3.16. The van der Waals surface area contributed by atoms with Gasteiger partial charge in [-0.05, 0) is 25.1 Å². The maximum absolute atomic E-state index is 6.27. The lowest BCUT2D eigenvalue weighted by atomic mass is 10.2. The van der Waals surface area contributed by atoms with Crippen molar-refractivity contribution < 1.29 is 0 Å². The zero-order valence-corrected chi connectivity index (χ0v) is 14.9. The van der Waals surface area contributed by atoms with Crippen molar-refractivity contribution in [3.05, 3.63) is 59.0 Å². The predicted molar refractivity (Wildman–Crippen MR) is 101 cm³/mol. The fourth-order valence-corrected chi connectivity index (χ4v) is 3.39. The van der Waals surface area contributed by atoms with Crippen LogP contribution in [0.2, 0.25) is 5.02 Å². The lowest BCUT2D eigenvalue weighted by Gasteiger charge is -2.34. The number of benzene rings is 1. The van der Waals surface area contributed by atoms with E-state index in [9.17, 15) is 0 Å². The van der Waals surface area contributed by atoms with E-state index in [2.05, 4.69) is 31.9 Å². The molecule has 0 N–H and O–H groups in total. The largest absolute Gasteiger partial charge is 0.338 e. The van der Waals surface area contributed by atoms with E-state index in [1.165, 1.54) is 0 Å². The number of piperazine rings is 1. The Balaban J connectivity index is 1.42. The van der Waals surface area contributed by atoms with Crippen molar-refractivity contribution >= 4 is 28.5 Å². The summed E-state index contributed by atoms with van der Waals surface area (Å²) >= 11 is 6.27. The molecule has 1 fully saturated rings. The molecule has 0 amide bonds. The van der Waals surface area contributed by atoms with E-state index in [0.717, 1.165) is 61.0 Å². The van der Waals surface area contributed by atoms with Crippen LogP contribution in [0.3, 0.4) is 0 Å². The molecule has 0 radical (unpaired) electrons. The van der Waals surface area contributed by atoms with Crippen LogP contribution in [0.1, 0.15) is 11.4 Å². The first-order valence-corrected chi connectivity index (χ1v) is 8.88. The smallest absolute Gasteiger partial charge is 0.225 e. The molecule has 0 spiro atoms. The van der Waals surface area contributed by atoms with Crippen LogP contribution in [0.5, 0.6) is 0 Å². The molecule has 1 aromatic carbocycles. The first-order valence-electron chi connectivity index (χ1n) is 8.50. The second-order valence-corrected chi connectivity index (χ2v) is 6.78. The first kappa shape index (κ1) is 16.2. The van der Waals surface area contributed by atoms with Gasteiger partial charge in [-0.25, -0.2) is 15.0 Å². The maximum atomic E-state index is 6.27. The van der Waals surface area contributed by atoms with Gasteiger partial charge in [-0.1, -0.05) is 29.8 Å².